The summed E-state index contributed by atoms with van der Waals surface area (Å²) < 4.78 is 0. The molecule has 0 aromatic carbocycles. The lowest BCUT2D eigenvalue weighted by Crippen LogP contribution is -2.29. The first kappa shape index (κ1) is 15.8. The maximum absolute atomic E-state index is 4.65. The number of thiazole rings is 1. The Morgan fingerprint density at radius 3 is 2.29 bits per heavy atom. The van der Waals surface area contributed by atoms with Crippen LogP contribution in [0.2, 0.25) is 0 Å². The first-order valence-electron chi connectivity index (χ1n) is 8.65. The standard InChI is InChI=1S/C18H25N5S/c1-12-10-24-17(21-12)23-8-13-6-22(7-14(13)9-23)16-5-15(18(2,3)4)19-11-20-16/h5,10-11,13-14H,6-9H2,1-4H3. The van der Waals surface area contributed by atoms with Crippen molar-refractivity contribution < 1.29 is 0 Å². The van der Waals surface area contributed by atoms with Crippen LogP contribution in [0.3, 0.4) is 0 Å². The number of fused-ring (bicyclic) bond motifs is 1. The molecule has 2 fully saturated rings. The smallest absolute Gasteiger partial charge is 0.185 e. The van der Waals surface area contributed by atoms with E-state index in [4.69, 9.17) is 0 Å². The van der Waals surface area contributed by atoms with Crippen LogP contribution in [0.25, 0.3) is 0 Å². The van der Waals surface area contributed by atoms with Gasteiger partial charge in [-0.1, -0.05) is 20.8 Å². The third-order valence-electron chi connectivity index (χ3n) is 5.11. The molecule has 0 amide bonds. The highest BCUT2D eigenvalue weighted by Gasteiger charge is 2.41. The summed E-state index contributed by atoms with van der Waals surface area (Å²) in [5, 5.41) is 3.33. The Kier molecular flexibility index (Phi) is 3.75. The number of aryl methyl sites for hydroxylation is 1. The molecule has 128 valence electrons. The van der Waals surface area contributed by atoms with Crippen molar-refractivity contribution in [2.75, 3.05) is 36.0 Å². The molecule has 0 N–H and O–H groups in total. The van der Waals surface area contributed by atoms with Crippen molar-refractivity contribution in [1.29, 1.82) is 0 Å². The molecule has 0 radical (unpaired) electrons. The molecule has 5 nitrogen and oxygen atoms in total. The second-order valence-electron chi connectivity index (χ2n) is 8.11. The molecule has 0 bridgehead atoms. The van der Waals surface area contributed by atoms with E-state index in [9.17, 15) is 0 Å². The van der Waals surface area contributed by atoms with Crippen LogP contribution in [0.4, 0.5) is 10.9 Å². The van der Waals surface area contributed by atoms with Gasteiger partial charge in [-0.15, -0.1) is 11.3 Å². The molecule has 2 unspecified atom stereocenters. The number of rotatable bonds is 2. The van der Waals surface area contributed by atoms with Crippen LogP contribution in [0.1, 0.15) is 32.2 Å². The normalized spacial score (nSPS) is 23.8. The minimum atomic E-state index is 0.0623. The fourth-order valence-corrected chi connectivity index (χ4v) is 4.58. The first-order chi connectivity index (χ1) is 11.4. The average molecular weight is 344 g/mol. The Morgan fingerprint density at radius 2 is 1.71 bits per heavy atom. The molecule has 2 saturated heterocycles. The lowest BCUT2D eigenvalue weighted by molar-refractivity contribution is 0.533. The largest absolute Gasteiger partial charge is 0.356 e. The van der Waals surface area contributed by atoms with E-state index in [1.165, 1.54) is 5.13 Å². The number of nitrogens with zero attached hydrogens (tertiary/aromatic N) is 5. The van der Waals surface area contributed by atoms with Gasteiger partial charge in [0.1, 0.15) is 12.1 Å². The summed E-state index contributed by atoms with van der Waals surface area (Å²) in [5.41, 5.74) is 2.31. The van der Waals surface area contributed by atoms with Crippen molar-refractivity contribution in [2.24, 2.45) is 11.8 Å². The molecule has 2 aromatic rings. The highest BCUT2D eigenvalue weighted by molar-refractivity contribution is 7.13. The topological polar surface area (TPSA) is 45.2 Å². The maximum Gasteiger partial charge on any atom is 0.185 e. The van der Waals surface area contributed by atoms with Crippen molar-refractivity contribution in [3.63, 3.8) is 0 Å². The van der Waals surface area contributed by atoms with E-state index < -0.39 is 0 Å². The summed E-state index contributed by atoms with van der Waals surface area (Å²) in [6.45, 7) is 13.1. The number of hydrogen-bond acceptors (Lipinski definition) is 6. The van der Waals surface area contributed by atoms with E-state index >= 15 is 0 Å². The number of anilines is 2. The van der Waals surface area contributed by atoms with Gasteiger partial charge >= 0.3 is 0 Å². The SMILES string of the molecule is Cc1csc(N2CC3CN(c4cc(C(C)(C)C)ncn4)CC3C2)n1. The zero-order chi connectivity index (χ0) is 16.9. The highest BCUT2D eigenvalue weighted by atomic mass is 32.1. The summed E-state index contributed by atoms with van der Waals surface area (Å²) in [6, 6.07) is 2.17. The summed E-state index contributed by atoms with van der Waals surface area (Å²) in [7, 11) is 0. The molecule has 2 aromatic heterocycles. The Morgan fingerprint density at radius 1 is 1.04 bits per heavy atom. The van der Waals surface area contributed by atoms with Gasteiger partial charge in [-0.25, -0.2) is 15.0 Å². The Bertz CT molecular complexity index is 721. The van der Waals surface area contributed by atoms with E-state index in [1.54, 1.807) is 17.7 Å². The molecule has 0 spiro atoms. The fourth-order valence-electron chi connectivity index (χ4n) is 3.75. The molecule has 0 aliphatic carbocycles. The Labute approximate surface area is 147 Å². The third-order valence-corrected chi connectivity index (χ3v) is 6.13. The van der Waals surface area contributed by atoms with Gasteiger partial charge in [0.05, 0.1) is 11.4 Å². The minimum Gasteiger partial charge on any atom is -0.356 e. The number of aromatic nitrogens is 3. The van der Waals surface area contributed by atoms with Gasteiger partial charge in [0.25, 0.3) is 0 Å². The van der Waals surface area contributed by atoms with E-state index in [-0.39, 0.29) is 5.41 Å². The van der Waals surface area contributed by atoms with Gasteiger partial charge in [0, 0.05) is 54.9 Å². The van der Waals surface area contributed by atoms with Gasteiger partial charge in [0.2, 0.25) is 0 Å². The van der Waals surface area contributed by atoms with Crippen molar-refractivity contribution >= 4 is 22.3 Å². The van der Waals surface area contributed by atoms with Gasteiger partial charge < -0.3 is 9.80 Å². The third kappa shape index (κ3) is 2.88. The Balaban J connectivity index is 1.46. The van der Waals surface area contributed by atoms with E-state index in [0.717, 1.165) is 43.4 Å². The molecular formula is C18H25N5S. The van der Waals surface area contributed by atoms with Gasteiger partial charge in [0.15, 0.2) is 5.13 Å². The van der Waals surface area contributed by atoms with Crippen LogP contribution in [0.5, 0.6) is 0 Å². The van der Waals surface area contributed by atoms with Crippen molar-refractivity contribution in [3.05, 3.63) is 29.2 Å². The quantitative estimate of drug-likeness (QED) is 0.838. The molecule has 2 aliphatic heterocycles. The average Bonchev–Trinajstić information content (AvgIpc) is 3.20. The number of hydrogen-bond donors (Lipinski definition) is 0. The lowest BCUT2D eigenvalue weighted by atomic mass is 9.92. The predicted molar refractivity (Wildman–Crippen MR) is 99.0 cm³/mol. The molecule has 4 heterocycles. The molecule has 6 heteroatoms. The molecule has 24 heavy (non-hydrogen) atoms. The van der Waals surface area contributed by atoms with Crippen molar-refractivity contribution in [1.82, 2.24) is 15.0 Å². The van der Waals surface area contributed by atoms with Gasteiger partial charge in [-0.2, -0.15) is 0 Å². The zero-order valence-corrected chi connectivity index (χ0v) is 15.7. The second-order valence-corrected chi connectivity index (χ2v) is 8.95. The molecule has 2 atom stereocenters. The summed E-state index contributed by atoms with van der Waals surface area (Å²) >= 11 is 1.77. The fraction of sp³-hybridized carbons (Fsp3) is 0.611. The second kappa shape index (κ2) is 5.69. The van der Waals surface area contributed by atoms with Crippen LogP contribution in [-0.4, -0.2) is 41.1 Å². The summed E-state index contributed by atoms with van der Waals surface area (Å²) in [6.07, 6.45) is 1.72. The van der Waals surface area contributed by atoms with Crippen LogP contribution in [0.15, 0.2) is 17.8 Å². The first-order valence-corrected chi connectivity index (χ1v) is 9.52. The highest BCUT2D eigenvalue weighted by Crippen LogP contribution is 2.37. The minimum absolute atomic E-state index is 0.0623. The van der Waals surface area contributed by atoms with Crippen LogP contribution in [-0.2, 0) is 5.41 Å². The van der Waals surface area contributed by atoms with E-state index in [0.29, 0.717) is 11.8 Å². The Hall–Kier alpha value is -1.69. The monoisotopic (exact) mass is 343 g/mol. The van der Waals surface area contributed by atoms with Crippen molar-refractivity contribution in [3.8, 4) is 0 Å². The molecular weight excluding hydrogens is 318 g/mol. The van der Waals surface area contributed by atoms with Gasteiger partial charge in [-0.3, -0.25) is 0 Å². The van der Waals surface area contributed by atoms with Crippen LogP contribution < -0.4 is 9.80 Å². The van der Waals surface area contributed by atoms with Gasteiger partial charge in [-0.05, 0) is 6.92 Å². The molecule has 4 rings (SSSR count). The van der Waals surface area contributed by atoms with E-state index in [1.807, 2.05) is 0 Å². The zero-order valence-electron chi connectivity index (χ0n) is 14.9. The van der Waals surface area contributed by atoms with E-state index in [2.05, 4.69) is 63.9 Å². The summed E-state index contributed by atoms with van der Waals surface area (Å²) in [5.74, 6) is 2.51. The van der Waals surface area contributed by atoms with Crippen LogP contribution in [0, 0.1) is 18.8 Å². The van der Waals surface area contributed by atoms with Crippen molar-refractivity contribution in [2.45, 2.75) is 33.1 Å². The molecule has 0 saturated carbocycles. The maximum atomic E-state index is 4.65. The lowest BCUT2D eigenvalue weighted by Gasteiger charge is -2.24. The predicted octanol–water partition coefficient (Wildman–Crippen LogP) is 3.11. The molecule has 2 aliphatic rings. The van der Waals surface area contributed by atoms with Crippen LogP contribution >= 0.6 is 11.3 Å². The summed E-state index contributed by atoms with van der Waals surface area (Å²) in [4.78, 5) is 18.5.